The minimum Gasteiger partial charge on any atom is -0.0863 e. The average molecular weight is 159 g/mol. The Hall–Kier alpha value is -0.690. The van der Waals surface area contributed by atoms with Gasteiger partial charge in [-0.3, -0.25) is 0 Å². The number of azide groups is 1. The summed E-state index contributed by atoms with van der Waals surface area (Å²) in [7, 11) is 0. The van der Waals surface area contributed by atoms with E-state index < -0.39 is 0 Å². The molecule has 6 fully saturated rings. The van der Waals surface area contributed by atoms with Crippen molar-refractivity contribution in [2.75, 3.05) is 0 Å². The van der Waals surface area contributed by atoms with Crippen molar-refractivity contribution in [1.29, 1.82) is 0 Å². The van der Waals surface area contributed by atoms with Gasteiger partial charge in [0.05, 0.1) is 5.54 Å². The van der Waals surface area contributed by atoms with Crippen LogP contribution in [0.25, 0.3) is 10.4 Å². The predicted octanol–water partition coefficient (Wildman–Crippen LogP) is 1.81. The molecule has 60 valence electrons. The summed E-state index contributed by atoms with van der Waals surface area (Å²) in [5.74, 6) is 5.50. The molecule has 0 radical (unpaired) electrons. The van der Waals surface area contributed by atoms with Crippen LogP contribution in [0.5, 0.6) is 0 Å². The topological polar surface area (TPSA) is 48.8 Å². The minimum atomic E-state index is 0.201. The van der Waals surface area contributed by atoms with E-state index >= 15 is 0 Å². The molecule has 0 atom stereocenters. The Labute approximate surface area is 69.8 Å². The minimum absolute atomic E-state index is 0.201. The lowest BCUT2D eigenvalue weighted by atomic mass is 8.94. The first kappa shape index (κ1) is 5.13. The molecule has 3 heteroatoms. The maximum Gasteiger partial charge on any atom is 0.0590 e. The van der Waals surface area contributed by atoms with Crippen molar-refractivity contribution in [2.45, 2.75) is 12.5 Å². The van der Waals surface area contributed by atoms with Crippen molar-refractivity contribution in [1.82, 2.24) is 0 Å². The van der Waals surface area contributed by atoms with E-state index in [1.54, 1.807) is 0 Å². The van der Waals surface area contributed by atoms with Crippen LogP contribution in [0.4, 0.5) is 0 Å². The molecule has 0 spiro atoms. The Morgan fingerprint density at radius 1 is 1.08 bits per heavy atom. The van der Waals surface area contributed by atoms with E-state index in [9.17, 15) is 0 Å². The zero-order valence-electron chi connectivity index (χ0n) is 6.81. The molecule has 6 saturated carbocycles. The number of hydrogen-bond donors (Lipinski definition) is 0. The molecule has 12 heavy (non-hydrogen) atoms. The molecule has 0 amide bonds. The van der Waals surface area contributed by atoms with Gasteiger partial charge in [0.25, 0.3) is 0 Å². The molecule has 0 saturated heterocycles. The molecule has 6 aliphatic rings. The molecule has 0 aromatic heterocycles. The van der Waals surface area contributed by atoms with Crippen LogP contribution in [0.3, 0.4) is 0 Å². The molecule has 0 aliphatic heterocycles. The summed E-state index contributed by atoms with van der Waals surface area (Å²) in [5.41, 5.74) is 9.45. The Kier molecular flexibility index (Phi) is 0.390. The van der Waals surface area contributed by atoms with Gasteiger partial charge >= 0.3 is 0 Å². The van der Waals surface area contributed by atoms with Crippen LogP contribution in [-0.4, -0.2) is 5.54 Å². The van der Waals surface area contributed by atoms with Crippen molar-refractivity contribution in [3.63, 3.8) is 0 Å². The SMILES string of the molecule is CC12C3C4C1C1C2C3C41N=[N+]=[N-]. The molecule has 0 heterocycles. The lowest BCUT2D eigenvalue weighted by Crippen LogP contribution is -3.11. The second kappa shape index (κ2) is 0.912. The number of rotatable bonds is 1. The molecule has 0 aromatic carbocycles. The summed E-state index contributed by atoms with van der Waals surface area (Å²) >= 11 is 0. The molecule has 6 aliphatic carbocycles. The fourth-order valence-corrected chi connectivity index (χ4v) is 6.29. The van der Waals surface area contributed by atoms with Gasteiger partial charge in [-0.1, -0.05) is 12.0 Å². The standard InChI is InChI=1S/C9H9N3/c1-8-2-5-3(8)7-4(8)6(2)9(5,7)11-12-10/h2-7H,1H3. The highest BCUT2D eigenvalue weighted by Gasteiger charge is 3.08. The third kappa shape index (κ3) is 0.160. The molecule has 0 bridgehead atoms. The molecular formula is C9H9N3. The fraction of sp³-hybridized carbons (Fsp3) is 1.00. The molecule has 0 unspecified atom stereocenters. The van der Waals surface area contributed by atoms with E-state index in [-0.39, 0.29) is 5.54 Å². The van der Waals surface area contributed by atoms with Gasteiger partial charge in [-0.15, -0.1) is 0 Å². The third-order valence-electron chi connectivity index (χ3n) is 6.30. The first-order valence-corrected chi connectivity index (χ1v) is 4.86. The van der Waals surface area contributed by atoms with E-state index in [0.717, 1.165) is 40.9 Å². The normalized spacial score (nSPS) is 87.4. The van der Waals surface area contributed by atoms with E-state index in [1.807, 2.05) is 0 Å². The molecular weight excluding hydrogens is 150 g/mol. The molecule has 0 aromatic rings. The molecule has 3 nitrogen and oxygen atoms in total. The van der Waals surface area contributed by atoms with E-state index in [2.05, 4.69) is 16.9 Å². The average Bonchev–Trinajstić information content (AvgIpc) is 2.11. The summed E-state index contributed by atoms with van der Waals surface area (Å²) in [6.45, 7) is 2.45. The summed E-state index contributed by atoms with van der Waals surface area (Å²) < 4.78 is 0. The van der Waals surface area contributed by atoms with Crippen LogP contribution in [-0.2, 0) is 0 Å². The van der Waals surface area contributed by atoms with Gasteiger partial charge < -0.3 is 0 Å². The van der Waals surface area contributed by atoms with Crippen molar-refractivity contribution in [2.24, 2.45) is 46.0 Å². The second-order valence-corrected chi connectivity index (χ2v) is 5.60. The lowest BCUT2D eigenvalue weighted by Gasteiger charge is -3.10. The van der Waals surface area contributed by atoms with Gasteiger partial charge in [-0.25, -0.2) is 0 Å². The number of nitrogens with zero attached hydrogens (tertiary/aromatic N) is 3. The van der Waals surface area contributed by atoms with E-state index in [4.69, 9.17) is 5.53 Å². The van der Waals surface area contributed by atoms with Crippen molar-refractivity contribution < 1.29 is 0 Å². The summed E-state index contributed by atoms with van der Waals surface area (Å²) in [5, 5.41) is 4.07. The van der Waals surface area contributed by atoms with Crippen molar-refractivity contribution >= 4 is 0 Å². The Bertz CT molecular complexity index is 339. The van der Waals surface area contributed by atoms with Gasteiger partial charge in [-0.05, 0) is 46.5 Å². The summed E-state index contributed by atoms with van der Waals surface area (Å²) in [6.07, 6.45) is 0. The van der Waals surface area contributed by atoms with Gasteiger partial charge in [0.2, 0.25) is 0 Å². The van der Waals surface area contributed by atoms with Gasteiger partial charge in [-0.2, -0.15) is 0 Å². The molecule has 0 N–H and O–H groups in total. The highest BCUT2D eigenvalue weighted by atomic mass is 15.3. The Morgan fingerprint density at radius 3 is 2.00 bits per heavy atom. The summed E-state index contributed by atoms with van der Waals surface area (Å²) in [6, 6.07) is 0. The third-order valence-corrected chi connectivity index (χ3v) is 6.30. The monoisotopic (exact) mass is 159 g/mol. The largest absolute Gasteiger partial charge is 0.0863 e. The van der Waals surface area contributed by atoms with Crippen molar-refractivity contribution in [3.05, 3.63) is 10.4 Å². The van der Waals surface area contributed by atoms with Gasteiger partial charge in [0.1, 0.15) is 0 Å². The van der Waals surface area contributed by atoms with Crippen LogP contribution in [0.15, 0.2) is 5.11 Å². The summed E-state index contributed by atoms with van der Waals surface area (Å²) in [4.78, 5) is 3.03. The van der Waals surface area contributed by atoms with Crippen LogP contribution in [0.2, 0.25) is 0 Å². The first-order valence-electron chi connectivity index (χ1n) is 4.86. The zero-order chi connectivity index (χ0) is 7.88. The Morgan fingerprint density at radius 2 is 1.58 bits per heavy atom. The smallest absolute Gasteiger partial charge is 0.0590 e. The van der Waals surface area contributed by atoms with Crippen molar-refractivity contribution in [3.8, 4) is 0 Å². The molecule has 6 rings (SSSR count). The van der Waals surface area contributed by atoms with Crippen LogP contribution in [0, 0.1) is 40.9 Å². The maximum absolute atomic E-state index is 8.49. The maximum atomic E-state index is 8.49. The predicted molar refractivity (Wildman–Crippen MR) is 40.9 cm³/mol. The lowest BCUT2D eigenvalue weighted by molar-refractivity contribution is -0.614. The highest BCUT2D eigenvalue weighted by Crippen LogP contribution is 3.07. The number of hydrogen-bond acceptors (Lipinski definition) is 1. The second-order valence-electron chi connectivity index (χ2n) is 5.60. The highest BCUT2D eigenvalue weighted by molar-refractivity contribution is 5.58. The van der Waals surface area contributed by atoms with Gasteiger partial charge in [0.15, 0.2) is 0 Å². The van der Waals surface area contributed by atoms with Crippen LogP contribution < -0.4 is 0 Å². The van der Waals surface area contributed by atoms with Gasteiger partial charge in [0, 0.05) is 4.91 Å². The van der Waals surface area contributed by atoms with Crippen LogP contribution >= 0.6 is 0 Å². The fourth-order valence-electron chi connectivity index (χ4n) is 6.29. The van der Waals surface area contributed by atoms with Crippen LogP contribution in [0.1, 0.15) is 6.92 Å². The van der Waals surface area contributed by atoms with E-state index in [0.29, 0.717) is 0 Å². The van der Waals surface area contributed by atoms with E-state index in [1.165, 1.54) is 0 Å². The first-order chi connectivity index (χ1) is 5.79. The Balaban J connectivity index is 1.74. The zero-order valence-corrected chi connectivity index (χ0v) is 6.81. The quantitative estimate of drug-likeness (QED) is 0.318.